The number of aryl methyl sites for hydroxylation is 1. The van der Waals surface area contributed by atoms with Gasteiger partial charge in [-0.3, -0.25) is 4.68 Å². The molecule has 0 radical (unpaired) electrons. The van der Waals surface area contributed by atoms with Gasteiger partial charge in [-0.25, -0.2) is 0 Å². The first-order chi connectivity index (χ1) is 10.6. The van der Waals surface area contributed by atoms with Crippen LogP contribution in [0.2, 0.25) is 0 Å². The molecular weight excluding hydrogens is 274 g/mol. The molecule has 0 aliphatic rings. The zero-order valence-corrected chi connectivity index (χ0v) is 14.1. The number of hydrogen-bond acceptors (Lipinski definition) is 3. The highest BCUT2D eigenvalue weighted by Crippen LogP contribution is 2.31. The summed E-state index contributed by atoms with van der Waals surface area (Å²) in [7, 11) is 0. The predicted molar refractivity (Wildman–Crippen MR) is 89.2 cm³/mol. The van der Waals surface area contributed by atoms with Gasteiger partial charge in [0.05, 0.1) is 12.3 Å². The topological polar surface area (TPSA) is 39.9 Å². The van der Waals surface area contributed by atoms with E-state index in [1.807, 2.05) is 16.9 Å². The van der Waals surface area contributed by atoms with Gasteiger partial charge in [0, 0.05) is 19.2 Å². The van der Waals surface area contributed by atoms with Crippen LogP contribution in [0.4, 0.5) is 0 Å². The van der Waals surface area contributed by atoms with E-state index in [1.54, 1.807) is 0 Å². The highest BCUT2D eigenvalue weighted by Gasteiger charge is 2.17. The summed E-state index contributed by atoms with van der Waals surface area (Å²) in [5.41, 5.74) is 2.32. The molecule has 22 heavy (non-hydrogen) atoms. The first kappa shape index (κ1) is 16.5. The molecule has 120 valence electrons. The Bertz CT molecular complexity index is 577. The van der Waals surface area contributed by atoms with Gasteiger partial charge in [-0.2, -0.15) is 0 Å². The molecule has 0 saturated heterocycles. The maximum atomic E-state index is 6.00. The number of nitrogens with zero attached hydrogens (tertiary/aromatic N) is 3. The third kappa shape index (κ3) is 4.33. The van der Waals surface area contributed by atoms with Crippen LogP contribution in [-0.4, -0.2) is 21.6 Å². The summed E-state index contributed by atoms with van der Waals surface area (Å²) < 4.78 is 7.88. The molecule has 0 bridgehead atoms. The summed E-state index contributed by atoms with van der Waals surface area (Å²) in [6.45, 7) is 10.2. The molecule has 0 aliphatic carbocycles. The summed E-state index contributed by atoms with van der Waals surface area (Å²) in [4.78, 5) is 0. The second-order valence-electron chi connectivity index (χ2n) is 6.12. The SMILES string of the molecule is CCC(Cc1cn(CC)nn1)c1ccccc1OCC(C)C. The third-order valence-corrected chi connectivity index (χ3v) is 3.79. The molecule has 2 rings (SSSR count). The van der Waals surface area contributed by atoms with Crippen LogP contribution in [0.25, 0.3) is 0 Å². The molecular formula is C18H27N3O. The van der Waals surface area contributed by atoms with Gasteiger partial charge in [0.1, 0.15) is 5.75 Å². The molecule has 1 atom stereocenters. The molecule has 0 saturated carbocycles. The van der Waals surface area contributed by atoms with Gasteiger partial charge >= 0.3 is 0 Å². The van der Waals surface area contributed by atoms with Crippen molar-refractivity contribution in [3.63, 3.8) is 0 Å². The maximum absolute atomic E-state index is 6.00. The van der Waals surface area contributed by atoms with E-state index in [1.165, 1.54) is 5.56 Å². The lowest BCUT2D eigenvalue weighted by atomic mass is 9.91. The van der Waals surface area contributed by atoms with Crippen molar-refractivity contribution in [3.8, 4) is 5.75 Å². The Hall–Kier alpha value is -1.84. The fraction of sp³-hybridized carbons (Fsp3) is 0.556. The molecule has 2 aromatic rings. The summed E-state index contributed by atoms with van der Waals surface area (Å²) in [6.07, 6.45) is 4.00. The molecule has 0 N–H and O–H groups in total. The molecule has 1 unspecified atom stereocenters. The second kappa shape index (κ2) is 7.97. The zero-order valence-electron chi connectivity index (χ0n) is 14.1. The maximum Gasteiger partial charge on any atom is 0.122 e. The van der Waals surface area contributed by atoms with Crippen LogP contribution in [0.3, 0.4) is 0 Å². The van der Waals surface area contributed by atoms with Crippen LogP contribution >= 0.6 is 0 Å². The lowest BCUT2D eigenvalue weighted by Gasteiger charge is -2.19. The smallest absolute Gasteiger partial charge is 0.122 e. The summed E-state index contributed by atoms with van der Waals surface area (Å²) >= 11 is 0. The molecule has 1 aromatic heterocycles. The van der Waals surface area contributed by atoms with Crippen molar-refractivity contribution in [2.75, 3.05) is 6.61 Å². The molecule has 1 aromatic carbocycles. The van der Waals surface area contributed by atoms with Crippen LogP contribution in [-0.2, 0) is 13.0 Å². The van der Waals surface area contributed by atoms with Gasteiger partial charge in [-0.15, -0.1) is 5.10 Å². The van der Waals surface area contributed by atoms with Crippen molar-refractivity contribution in [2.45, 2.75) is 53.0 Å². The van der Waals surface area contributed by atoms with Gasteiger partial charge in [-0.05, 0) is 36.8 Å². The van der Waals surface area contributed by atoms with Gasteiger partial charge in [0.2, 0.25) is 0 Å². The van der Waals surface area contributed by atoms with E-state index in [0.717, 1.165) is 37.4 Å². The fourth-order valence-electron chi connectivity index (χ4n) is 2.52. The number of ether oxygens (including phenoxy) is 1. The third-order valence-electron chi connectivity index (χ3n) is 3.79. The molecule has 4 heteroatoms. The van der Waals surface area contributed by atoms with E-state index in [-0.39, 0.29) is 0 Å². The first-order valence-electron chi connectivity index (χ1n) is 8.24. The van der Waals surface area contributed by atoms with Gasteiger partial charge in [0.25, 0.3) is 0 Å². The Morgan fingerprint density at radius 3 is 2.59 bits per heavy atom. The predicted octanol–water partition coefficient (Wildman–Crippen LogP) is 4.07. The highest BCUT2D eigenvalue weighted by atomic mass is 16.5. The molecule has 0 aliphatic heterocycles. The molecule has 0 spiro atoms. The monoisotopic (exact) mass is 301 g/mol. The second-order valence-corrected chi connectivity index (χ2v) is 6.12. The molecule has 0 fully saturated rings. The average molecular weight is 301 g/mol. The van der Waals surface area contributed by atoms with E-state index in [4.69, 9.17) is 4.74 Å². The van der Waals surface area contributed by atoms with E-state index in [9.17, 15) is 0 Å². The van der Waals surface area contributed by atoms with E-state index < -0.39 is 0 Å². The number of hydrogen-bond donors (Lipinski definition) is 0. The Labute approximate surface area is 133 Å². The minimum absolute atomic E-state index is 0.408. The standard InChI is InChI=1S/C18H27N3O/c1-5-15(11-16-12-21(6-2)20-19-16)17-9-7-8-10-18(17)22-13-14(3)4/h7-10,12,14-15H,5-6,11,13H2,1-4H3. The quantitative estimate of drug-likeness (QED) is 0.738. The van der Waals surface area contributed by atoms with Crippen molar-refractivity contribution in [2.24, 2.45) is 5.92 Å². The summed E-state index contributed by atoms with van der Waals surface area (Å²) in [5.74, 6) is 1.94. The normalized spacial score (nSPS) is 12.6. The van der Waals surface area contributed by atoms with Gasteiger partial charge in [-0.1, -0.05) is 44.2 Å². The van der Waals surface area contributed by atoms with Crippen LogP contribution in [0, 0.1) is 5.92 Å². The largest absolute Gasteiger partial charge is 0.493 e. The van der Waals surface area contributed by atoms with Crippen molar-refractivity contribution >= 4 is 0 Å². The Kier molecular flexibility index (Phi) is 5.99. The molecule has 1 heterocycles. The summed E-state index contributed by atoms with van der Waals surface area (Å²) in [5, 5.41) is 8.41. The Morgan fingerprint density at radius 2 is 1.95 bits per heavy atom. The zero-order chi connectivity index (χ0) is 15.9. The van der Waals surface area contributed by atoms with Crippen molar-refractivity contribution < 1.29 is 4.74 Å². The Morgan fingerprint density at radius 1 is 1.18 bits per heavy atom. The van der Waals surface area contributed by atoms with Crippen molar-refractivity contribution in [1.29, 1.82) is 0 Å². The van der Waals surface area contributed by atoms with Crippen LogP contribution < -0.4 is 4.74 Å². The van der Waals surface area contributed by atoms with Crippen LogP contribution in [0.1, 0.15) is 51.3 Å². The number of aromatic nitrogens is 3. The molecule has 0 amide bonds. The number of para-hydroxylation sites is 1. The van der Waals surface area contributed by atoms with Crippen LogP contribution in [0.5, 0.6) is 5.75 Å². The number of rotatable bonds is 8. The number of benzene rings is 1. The Balaban J connectivity index is 2.15. The van der Waals surface area contributed by atoms with Gasteiger partial charge < -0.3 is 4.74 Å². The average Bonchev–Trinajstić information content (AvgIpc) is 2.98. The van der Waals surface area contributed by atoms with E-state index >= 15 is 0 Å². The van der Waals surface area contributed by atoms with Crippen molar-refractivity contribution in [3.05, 3.63) is 41.7 Å². The lowest BCUT2D eigenvalue weighted by Crippen LogP contribution is -2.09. The molecule has 4 nitrogen and oxygen atoms in total. The highest BCUT2D eigenvalue weighted by molar-refractivity contribution is 5.36. The van der Waals surface area contributed by atoms with E-state index in [2.05, 4.69) is 56.2 Å². The first-order valence-corrected chi connectivity index (χ1v) is 8.24. The summed E-state index contributed by atoms with van der Waals surface area (Å²) in [6, 6.07) is 8.37. The fourth-order valence-corrected chi connectivity index (χ4v) is 2.52. The van der Waals surface area contributed by atoms with E-state index in [0.29, 0.717) is 11.8 Å². The van der Waals surface area contributed by atoms with Gasteiger partial charge in [0.15, 0.2) is 0 Å². The lowest BCUT2D eigenvalue weighted by molar-refractivity contribution is 0.267. The van der Waals surface area contributed by atoms with Crippen molar-refractivity contribution in [1.82, 2.24) is 15.0 Å². The minimum Gasteiger partial charge on any atom is -0.493 e. The van der Waals surface area contributed by atoms with Crippen LogP contribution in [0.15, 0.2) is 30.5 Å². The minimum atomic E-state index is 0.408.